The lowest BCUT2D eigenvalue weighted by Crippen LogP contribution is -2.42. The maximum atomic E-state index is 12.8. The average molecular weight is 364 g/mol. The molecule has 0 unspecified atom stereocenters. The number of hydrogen-bond donors (Lipinski definition) is 2. The Balaban J connectivity index is 2.18. The van der Waals surface area contributed by atoms with Crippen molar-refractivity contribution in [1.29, 1.82) is 0 Å². The number of aliphatic carboxylic acids is 1. The van der Waals surface area contributed by atoms with E-state index in [-0.39, 0.29) is 15.0 Å². The Hall–Kier alpha value is -1.48. The van der Waals surface area contributed by atoms with Crippen molar-refractivity contribution in [2.45, 2.75) is 16.7 Å². The van der Waals surface area contributed by atoms with Crippen molar-refractivity contribution in [1.82, 2.24) is 4.72 Å². The predicted molar refractivity (Wildman–Crippen MR) is 81.2 cm³/mol. The van der Waals surface area contributed by atoms with Crippen molar-refractivity contribution in [2.24, 2.45) is 0 Å². The number of hydrogen-bond acceptors (Lipinski definition) is 4. The molecule has 2 N–H and O–H groups in total. The van der Waals surface area contributed by atoms with Gasteiger partial charge < -0.3 is 5.11 Å². The van der Waals surface area contributed by atoms with Crippen LogP contribution in [0.2, 0.25) is 4.34 Å². The molecule has 1 aromatic heterocycles. The molecule has 2 rings (SSSR count). The molecule has 0 saturated carbocycles. The van der Waals surface area contributed by atoms with Crippen LogP contribution in [-0.4, -0.2) is 25.5 Å². The fraction of sp³-hybridized carbons (Fsp3) is 0.154. The standard InChI is InChI=1S/C13H11ClFNO4S2/c14-11-5-6-12(21-11)22(19,20)16-10(13(17)18)7-8-1-3-9(15)4-2-8/h1-6,10,16H,7H2,(H,17,18)/t10-/m0/s1. The third kappa shape index (κ3) is 4.26. The van der Waals surface area contributed by atoms with Crippen LogP contribution in [-0.2, 0) is 21.2 Å². The molecule has 22 heavy (non-hydrogen) atoms. The second kappa shape index (κ2) is 6.74. The number of thiophene rings is 1. The molecule has 118 valence electrons. The Morgan fingerprint density at radius 1 is 1.27 bits per heavy atom. The Morgan fingerprint density at radius 2 is 1.91 bits per heavy atom. The largest absolute Gasteiger partial charge is 0.480 e. The molecule has 0 aliphatic heterocycles. The van der Waals surface area contributed by atoms with Crippen LogP contribution in [0.5, 0.6) is 0 Å². The zero-order valence-corrected chi connectivity index (χ0v) is 13.4. The second-order valence-electron chi connectivity index (χ2n) is 4.40. The first-order valence-electron chi connectivity index (χ1n) is 6.03. The van der Waals surface area contributed by atoms with Crippen LogP contribution in [0.1, 0.15) is 5.56 Å². The van der Waals surface area contributed by atoms with Gasteiger partial charge in [0, 0.05) is 0 Å². The number of nitrogens with one attached hydrogen (secondary N) is 1. The van der Waals surface area contributed by atoms with E-state index in [2.05, 4.69) is 4.72 Å². The molecule has 1 aromatic carbocycles. The molecule has 0 aliphatic carbocycles. The number of sulfonamides is 1. The summed E-state index contributed by atoms with van der Waals surface area (Å²) in [6.07, 6.45) is -0.103. The van der Waals surface area contributed by atoms with Gasteiger partial charge in [-0.05, 0) is 36.2 Å². The van der Waals surface area contributed by atoms with E-state index in [1.807, 2.05) is 0 Å². The monoisotopic (exact) mass is 363 g/mol. The molecule has 2 aromatic rings. The lowest BCUT2D eigenvalue weighted by Gasteiger charge is -2.14. The van der Waals surface area contributed by atoms with Crippen molar-refractivity contribution in [3.05, 3.63) is 52.1 Å². The van der Waals surface area contributed by atoms with Crippen molar-refractivity contribution in [3.8, 4) is 0 Å². The topological polar surface area (TPSA) is 83.5 Å². The smallest absolute Gasteiger partial charge is 0.322 e. The molecule has 0 bridgehead atoms. The SMILES string of the molecule is O=C(O)[C@H](Cc1ccc(F)cc1)NS(=O)(=O)c1ccc(Cl)s1. The number of rotatable bonds is 6. The molecule has 5 nitrogen and oxygen atoms in total. The van der Waals surface area contributed by atoms with Gasteiger partial charge in [0.2, 0.25) is 0 Å². The van der Waals surface area contributed by atoms with Gasteiger partial charge >= 0.3 is 5.97 Å². The summed E-state index contributed by atoms with van der Waals surface area (Å²) >= 11 is 6.51. The highest BCUT2D eigenvalue weighted by Crippen LogP contribution is 2.25. The molecule has 1 atom stereocenters. The van der Waals surface area contributed by atoms with Gasteiger partial charge in [0.25, 0.3) is 10.0 Å². The van der Waals surface area contributed by atoms with E-state index in [9.17, 15) is 22.7 Å². The molecule has 0 aliphatic rings. The summed E-state index contributed by atoms with van der Waals surface area (Å²) < 4.78 is 39.4. The molecule has 0 amide bonds. The van der Waals surface area contributed by atoms with Crippen LogP contribution >= 0.6 is 22.9 Å². The maximum Gasteiger partial charge on any atom is 0.322 e. The van der Waals surface area contributed by atoms with Crippen LogP contribution in [0.15, 0.2) is 40.6 Å². The zero-order valence-electron chi connectivity index (χ0n) is 11.0. The Bertz CT molecular complexity index is 774. The minimum atomic E-state index is -3.98. The fourth-order valence-electron chi connectivity index (χ4n) is 1.72. The lowest BCUT2D eigenvalue weighted by atomic mass is 10.1. The number of carboxylic acid groups (broad SMARTS) is 1. The highest BCUT2D eigenvalue weighted by molar-refractivity contribution is 7.91. The zero-order chi connectivity index (χ0) is 16.3. The van der Waals surface area contributed by atoms with E-state index in [0.29, 0.717) is 5.56 Å². The van der Waals surface area contributed by atoms with Crippen molar-refractivity contribution in [3.63, 3.8) is 0 Å². The molecule has 0 radical (unpaired) electrons. The Morgan fingerprint density at radius 3 is 2.41 bits per heavy atom. The summed E-state index contributed by atoms with van der Waals surface area (Å²) in [5.41, 5.74) is 0.501. The van der Waals surface area contributed by atoms with Gasteiger partial charge in [0.1, 0.15) is 16.1 Å². The van der Waals surface area contributed by atoms with Crippen molar-refractivity contribution >= 4 is 38.9 Å². The first kappa shape index (κ1) is 16.9. The molecule has 0 spiro atoms. The highest BCUT2D eigenvalue weighted by Gasteiger charge is 2.26. The van der Waals surface area contributed by atoms with Gasteiger partial charge in [-0.15, -0.1) is 11.3 Å². The maximum absolute atomic E-state index is 12.8. The summed E-state index contributed by atoms with van der Waals surface area (Å²) in [7, 11) is -3.98. The van der Waals surface area contributed by atoms with E-state index in [4.69, 9.17) is 11.6 Å². The van der Waals surface area contributed by atoms with Gasteiger partial charge in [-0.1, -0.05) is 23.7 Å². The first-order valence-corrected chi connectivity index (χ1v) is 8.70. The summed E-state index contributed by atoms with van der Waals surface area (Å²) in [5.74, 6) is -1.78. The van der Waals surface area contributed by atoms with E-state index in [1.165, 1.54) is 36.4 Å². The molecule has 0 fully saturated rings. The number of carboxylic acids is 1. The normalized spacial score (nSPS) is 13.0. The molecular weight excluding hydrogens is 353 g/mol. The van der Waals surface area contributed by atoms with Crippen molar-refractivity contribution in [2.75, 3.05) is 0 Å². The lowest BCUT2D eigenvalue weighted by molar-refractivity contribution is -0.138. The number of halogens is 2. The molecule has 1 heterocycles. The highest BCUT2D eigenvalue weighted by atomic mass is 35.5. The third-order valence-corrected chi connectivity index (χ3v) is 5.96. The summed E-state index contributed by atoms with van der Waals surface area (Å²) in [5, 5.41) is 9.18. The predicted octanol–water partition coefficient (Wildman–Crippen LogP) is 2.51. The van der Waals surface area contributed by atoms with Crippen LogP contribution < -0.4 is 4.72 Å². The van der Waals surface area contributed by atoms with Crippen LogP contribution in [0, 0.1) is 5.82 Å². The molecule has 0 saturated heterocycles. The Kier molecular flexibility index (Phi) is 5.17. The molecular formula is C13H11ClFNO4S2. The molecule has 9 heteroatoms. The fourth-order valence-corrected chi connectivity index (χ4v) is 4.41. The minimum absolute atomic E-state index is 0.0668. The second-order valence-corrected chi connectivity index (χ2v) is 8.06. The van der Waals surface area contributed by atoms with E-state index in [1.54, 1.807) is 0 Å². The summed E-state index contributed by atoms with van der Waals surface area (Å²) in [6, 6.07) is 6.52. The van der Waals surface area contributed by atoms with E-state index < -0.39 is 27.9 Å². The first-order chi connectivity index (χ1) is 10.3. The summed E-state index contributed by atoms with van der Waals surface area (Å²) in [4.78, 5) is 11.3. The van der Waals surface area contributed by atoms with E-state index >= 15 is 0 Å². The van der Waals surface area contributed by atoms with Gasteiger partial charge in [-0.2, -0.15) is 4.72 Å². The Labute approximate surface area is 135 Å². The average Bonchev–Trinajstić information content (AvgIpc) is 2.88. The van der Waals surface area contributed by atoms with Gasteiger partial charge in [0.15, 0.2) is 0 Å². The van der Waals surface area contributed by atoms with Gasteiger partial charge in [0.05, 0.1) is 4.34 Å². The van der Waals surface area contributed by atoms with Crippen LogP contribution in [0.25, 0.3) is 0 Å². The quantitative estimate of drug-likeness (QED) is 0.826. The van der Waals surface area contributed by atoms with Crippen molar-refractivity contribution < 1.29 is 22.7 Å². The number of benzene rings is 1. The number of carbonyl (C=O) groups is 1. The minimum Gasteiger partial charge on any atom is -0.480 e. The van der Waals surface area contributed by atoms with Crippen LogP contribution in [0.3, 0.4) is 0 Å². The van der Waals surface area contributed by atoms with Crippen LogP contribution in [0.4, 0.5) is 4.39 Å². The third-order valence-electron chi connectivity index (χ3n) is 2.76. The van der Waals surface area contributed by atoms with Gasteiger partial charge in [-0.25, -0.2) is 12.8 Å². The van der Waals surface area contributed by atoms with E-state index in [0.717, 1.165) is 11.3 Å². The van der Waals surface area contributed by atoms with Gasteiger partial charge in [-0.3, -0.25) is 4.79 Å². The summed E-state index contributed by atoms with van der Waals surface area (Å²) in [6.45, 7) is 0.